The molecule has 0 N–H and O–H groups in total. The maximum atomic E-state index is 2.54. The summed E-state index contributed by atoms with van der Waals surface area (Å²) in [6, 6.07) is 0. The van der Waals surface area contributed by atoms with Gasteiger partial charge in [0.05, 0.1) is 6.67 Å². The van der Waals surface area contributed by atoms with E-state index in [1.165, 1.54) is 244 Å². The molecule has 1 aliphatic rings. The molecule has 0 atom stereocenters. The zero-order valence-corrected chi connectivity index (χ0v) is 31.6. The van der Waals surface area contributed by atoms with Gasteiger partial charge in [0.1, 0.15) is 0 Å². The van der Waals surface area contributed by atoms with Gasteiger partial charge in [-0.05, 0) is 12.8 Å². The van der Waals surface area contributed by atoms with E-state index in [1.54, 1.807) is 0 Å². The van der Waals surface area contributed by atoms with Crippen LogP contribution in [0.3, 0.4) is 0 Å². The van der Waals surface area contributed by atoms with Crippen LogP contribution < -0.4 is 0 Å². The third-order valence-electron chi connectivity index (χ3n) is 10.4. The highest BCUT2D eigenvalue weighted by molar-refractivity contribution is 4.90. The molecule has 2 heteroatoms. The van der Waals surface area contributed by atoms with Crippen LogP contribution in [0, 0.1) is 0 Å². The second-order valence-corrected chi connectivity index (χ2v) is 15.1. The molecule has 0 fully saturated rings. The molecule has 0 unspecified atom stereocenters. The lowest BCUT2D eigenvalue weighted by Crippen LogP contribution is -2.26. The molecule has 0 radical (unpaired) electrons. The summed E-state index contributed by atoms with van der Waals surface area (Å²) in [5, 5.41) is 0. The Balaban J connectivity index is 1.72. The number of hydrogen-bond donors (Lipinski definition) is 0. The predicted octanol–water partition coefficient (Wildman–Crippen LogP) is 15.1. The zero-order chi connectivity index (χ0) is 32.1. The summed E-state index contributed by atoms with van der Waals surface area (Å²) in [4.78, 5) is 5.09. The molecule has 45 heavy (non-hydrogen) atoms. The molecule has 0 aromatic carbocycles. The van der Waals surface area contributed by atoms with E-state index in [4.69, 9.17) is 0 Å². The first-order chi connectivity index (χ1) is 22.4. The lowest BCUT2D eigenvalue weighted by Gasteiger charge is -2.21. The standard InChI is InChI=1S/C43H86N2/c1-3-5-7-9-11-13-15-17-19-21-23-25-27-29-31-33-35-37-39-44-41-42-45(43-44)40-38-36-34-32-30-28-26-24-22-20-18-16-14-12-10-8-6-4-2/h41-42H,3-40,43H2,1-2H3. The summed E-state index contributed by atoms with van der Waals surface area (Å²) in [6.45, 7) is 8.26. The fourth-order valence-electron chi connectivity index (χ4n) is 7.24. The summed E-state index contributed by atoms with van der Waals surface area (Å²) in [5.74, 6) is 0. The normalized spacial score (nSPS) is 13.1. The first-order valence-corrected chi connectivity index (χ1v) is 21.5. The van der Waals surface area contributed by atoms with Crippen LogP contribution in [0.4, 0.5) is 0 Å². The van der Waals surface area contributed by atoms with E-state index in [2.05, 4.69) is 36.0 Å². The highest BCUT2D eigenvalue weighted by Crippen LogP contribution is 2.17. The van der Waals surface area contributed by atoms with Gasteiger partial charge < -0.3 is 9.80 Å². The number of hydrogen-bond acceptors (Lipinski definition) is 2. The predicted molar refractivity (Wildman–Crippen MR) is 205 cm³/mol. The Kier molecular flexibility index (Phi) is 34.1. The minimum Gasteiger partial charge on any atom is -0.359 e. The maximum Gasteiger partial charge on any atom is 0.0893 e. The van der Waals surface area contributed by atoms with Gasteiger partial charge in [0.25, 0.3) is 0 Å². The molecule has 0 amide bonds. The van der Waals surface area contributed by atoms with Crippen LogP contribution in [0.25, 0.3) is 0 Å². The van der Waals surface area contributed by atoms with Crippen molar-refractivity contribution < 1.29 is 0 Å². The van der Waals surface area contributed by atoms with Crippen molar-refractivity contribution in [2.45, 2.75) is 245 Å². The van der Waals surface area contributed by atoms with Crippen molar-refractivity contribution in [3.8, 4) is 0 Å². The zero-order valence-electron chi connectivity index (χ0n) is 31.6. The van der Waals surface area contributed by atoms with Crippen LogP contribution in [0.15, 0.2) is 12.4 Å². The highest BCUT2D eigenvalue weighted by Gasteiger charge is 2.11. The summed E-state index contributed by atoms with van der Waals surface area (Å²) in [6.07, 6.45) is 57.2. The van der Waals surface area contributed by atoms with Gasteiger partial charge >= 0.3 is 0 Å². The van der Waals surface area contributed by atoms with Crippen molar-refractivity contribution in [2.75, 3.05) is 19.8 Å². The average Bonchev–Trinajstić information content (AvgIpc) is 3.51. The van der Waals surface area contributed by atoms with Gasteiger partial charge in [0.2, 0.25) is 0 Å². The fourth-order valence-corrected chi connectivity index (χ4v) is 7.24. The van der Waals surface area contributed by atoms with Crippen LogP contribution in [0.5, 0.6) is 0 Å². The van der Waals surface area contributed by atoms with Crippen molar-refractivity contribution >= 4 is 0 Å². The Morgan fingerprint density at radius 3 is 0.644 bits per heavy atom. The second kappa shape index (κ2) is 36.2. The molecular weight excluding hydrogens is 544 g/mol. The first kappa shape index (κ1) is 42.4. The molecule has 2 nitrogen and oxygen atoms in total. The van der Waals surface area contributed by atoms with Gasteiger partial charge in [-0.1, -0.05) is 232 Å². The van der Waals surface area contributed by atoms with Crippen LogP contribution >= 0.6 is 0 Å². The van der Waals surface area contributed by atoms with Crippen LogP contribution in [0.1, 0.15) is 245 Å². The third-order valence-corrected chi connectivity index (χ3v) is 10.4. The smallest absolute Gasteiger partial charge is 0.0893 e. The van der Waals surface area contributed by atoms with Crippen LogP contribution in [-0.2, 0) is 0 Å². The quantitative estimate of drug-likeness (QED) is 0.0626. The van der Waals surface area contributed by atoms with Gasteiger partial charge in [0.15, 0.2) is 0 Å². The van der Waals surface area contributed by atoms with Crippen molar-refractivity contribution in [2.24, 2.45) is 0 Å². The molecule has 1 aliphatic heterocycles. The van der Waals surface area contributed by atoms with E-state index in [1.807, 2.05) is 0 Å². The highest BCUT2D eigenvalue weighted by atomic mass is 15.3. The molecule has 0 aliphatic carbocycles. The summed E-state index contributed by atoms with van der Waals surface area (Å²) >= 11 is 0. The van der Waals surface area contributed by atoms with Crippen molar-refractivity contribution in [3.63, 3.8) is 0 Å². The summed E-state index contributed by atoms with van der Waals surface area (Å²) in [5.41, 5.74) is 0. The minimum atomic E-state index is 1.14. The first-order valence-electron chi connectivity index (χ1n) is 21.5. The Morgan fingerprint density at radius 1 is 0.267 bits per heavy atom. The molecule has 0 aromatic rings. The van der Waals surface area contributed by atoms with E-state index in [0.29, 0.717) is 0 Å². The SMILES string of the molecule is CCCCCCCCCCCCCCCCCCCCN1C=CN(CCCCCCCCCCCCCCCCCCCC)C1. The Labute approximate surface area is 286 Å². The molecule has 1 rings (SSSR count). The largest absolute Gasteiger partial charge is 0.359 e. The van der Waals surface area contributed by atoms with Gasteiger partial charge in [-0.3, -0.25) is 0 Å². The Bertz CT molecular complexity index is 524. The molecule has 0 spiro atoms. The van der Waals surface area contributed by atoms with Crippen LogP contribution in [0.2, 0.25) is 0 Å². The Morgan fingerprint density at radius 2 is 0.444 bits per heavy atom. The van der Waals surface area contributed by atoms with Gasteiger partial charge in [-0.25, -0.2) is 0 Å². The van der Waals surface area contributed by atoms with Crippen molar-refractivity contribution in [3.05, 3.63) is 12.4 Å². The van der Waals surface area contributed by atoms with Crippen molar-refractivity contribution in [1.29, 1.82) is 0 Å². The topological polar surface area (TPSA) is 6.48 Å². The third kappa shape index (κ3) is 31.7. The van der Waals surface area contributed by atoms with E-state index in [9.17, 15) is 0 Å². The molecule has 0 bridgehead atoms. The molecular formula is C43H86N2. The van der Waals surface area contributed by atoms with E-state index in [-0.39, 0.29) is 0 Å². The molecule has 0 aromatic heterocycles. The van der Waals surface area contributed by atoms with Crippen LogP contribution in [-0.4, -0.2) is 29.6 Å². The summed E-state index contributed by atoms with van der Waals surface area (Å²) < 4.78 is 0. The van der Waals surface area contributed by atoms with Gasteiger partial charge in [-0.2, -0.15) is 0 Å². The fraction of sp³-hybridized carbons (Fsp3) is 0.953. The minimum absolute atomic E-state index is 1.14. The van der Waals surface area contributed by atoms with E-state index < -0.39 is 0 Å². The molecule has 0 saturated carbocycles. The number of rotatable bonds is 38. The van der Waals surface area contributed by atoms with E-state index in [0.717, 1.165) is 6.67 Å². The average molecular weight is 631 g/mol. The van der Waals surface area contributed by atoms with Gasteiger partial charge in [0, 0.05) is 25.5 Å². The molecule has 0 saturated heterocycles. The molecule has 1 heterocycles. The lowest BCUT2D eigenvalue weighted by molar-refractivity contribution is 0.257. The lowest BCUT2D eigenvalue weighted by atomic mass is 10.0. The van der Waals surface area contributed by atoms with Gasteiger partial charge in [-0.15, -0.1) is 0 Å². The van der Waals surface area contributed by atoms with E-state index >= 15 is 0 Å². The maximum absolute atomic E-state index is 2.54. The number of nitrogens with zero attached hydrogens (tertiary/aromatic N) is 2. The second-order valence-electron chi connectivity index (χ2n) is 15.1. The molecule has 268 valence electrons. The Hall–Kier alpha value is -0.660. The monoisotopic (exact) mass is 631 g/mol. The number of unbranched alkanes of at least 4 members (excludes halogenated alkanes) is 34. The van der Waals surface area contributed by atoms with Crippen molar-refractivity contribution in [1.82, 2.24) is 9.80 Å². The summed E-state index contributed by atoms with van der Waals surface area (Å²) in [7, 11) is 0.